The minimum Gasteiger partial charge on any atom is -0.508 e. The quantitative estimate of drug-likeness (QED) is 0.418. The third-order valence-electron chi connectivity index (χ3n) is 7.26. The number of likely N-dealkylation sites (N-methyl/N-ethyl adjacent to an activating group) is 1. The third kappa shape index (κ3) is 2.80. The van der Waals surface area contributed by atoms with E-state index >= 15 is 0 Å². The van der Waals surface area contributed by atoms with Crippen LogP contribution >= 0.6 is 0 Å². The van der Waals surface area contributed by atoms with Crippen LogP contribution in [0.2, 0.25) is 0 Å². The third-order valence-corrected chi connectivity index (χ3v) is 7.26. The highest BCUT2D eigenvalue weighted by Crippen LogP contribution is 2.57. The Morgan fingerprint density at radius 2 is 1.88 bits per heavy atom. The molecular weight excluding hydrogens is 435 g/mol. The van der Waals surface area contributed by atoms with Gasteiger partial charge in [0.15, 0.2) is 11.4 Å². The summed E-state index contributed by atoms with van der Waals surface area (Å²) in [5.74, 6) is -8.91. The molecule has 33 heavy (non-hydrogen) atoms. The number of carbonyl (C=O) groups is 3. The molecule has 176 valence electrons. The first-order valence-electron chi connectivity index (χ1n) is 10.6. The van der Waals surface area contributed by atoms with Crippen LogP contribution in [0.5, 0.6) is 5.75 Å². The van der Waals surface area contributed by atoms with Crippen LogP contribution in [0.1, 0.15) is 36.8 Å². The number of carbonyl (C=O) groups excluding carboxylic acids is 3. The number of nitrogens with two attached hydrogens (primary N) is 1. The number of aliphatic hydroxyl groups excluding tert-OH is 2. The van der Waals surface area contributed by atoms with E-state index < -0.39 is 75.5 Å². The maximum atomic E-state index is 14.9. The molecule has 0 unspecified atom stereocenters. The average molecular weight is 460 g/mol. The second kappa shape index (κ2) is 7.39. The highest BCUT2D eigenvalue weighted by atomic mass is 19.1. The number of ketones is 2. The molecule has 0 spiro atoms. The summed E-state index contributed by atoms with van der Waals surface area (Å²) in [6, 6.07) is 0.928. The lowest BCUT2D eigenvalue weighted by Crippen LogP contribution is -2.66. The molecule has 6 N–H and O–H groups in total. The van der Waals surface area contributed by atoms with Crippen LogP contribution in [0.15, 0.2) is 29.0 Å². The Bertz CT molecular complexity index is 1170. The summed E-state index contributed by atoms with van der Waals surface area (Å²) in [5.41, 5.74) is 1.19. The standard InChI is InChI=1S/C23H25FN2O7/c1-4-8-9-7-10-17(26(2)3)19(29)16(22(25)32)21(31)23(10,33)20(30)14(9)18(28)15-12(27)6-5-11(24)13(8)15/h5-6,8-10,17,27-28,31,33H,4,7H2,1-3H3,(H2,25,32)/t8-,9-,10+,17+,23+/m1/s1. The van der Waals surface area contributed by atoms with Crippen molar-refractivity contribution in [1.29, 1.82) is 0 Å². The lowest BCUT2D eigenvalue weighted by molar-refractivity contribution is -0.154. The molecule has 1 aromatic carbocycles. The van der Waals surface area contributed by atoms with Crippen LogP contribution in [-0.2, 0) is 14.4 Å². The van der Waals surface area contributed by atoms with Gasteiger partial charge >= 0.3 is 0 Å². The van der Waals surface area contributed by atoms with Crippen LogP contribution in [0.4, 0.5) is 4.39 Å². The van der Waals surface area contributed by atoms with Gasteiger partial charge in [-0.15, -0.1) is 0 Å². The first-order valence-corrected chi connectivity index (χ1v) is 10.6. The van der Waals surface area contributed by atoms with Crippen molar-refractivity contribution in [3.63, 3.8) is 0 Å². The zero-order chi connectivity index (χ0) is 24.6. The summed E-state index contributed by atoms with van der Waals surface area (Å²) in [5, 5.41) is 43.7. The van der Waals surface area contributed by atoms with Crippen molar-refractivity contribution in [3.05, 3.63) is 46.0 Å². The Morgan fingerprint density at radius 3 is 2.42 bits per heavy atom. The molecule has 1 saturated carbocycles. The van der Waals surface area contributed by atoms with E-state index in [1.165, 1.54) is 19.0 Å². The smallest absolute Gasteiger partial charge is 0.255 e. The maximum absolute atomic E-state index is 14.9. The van der Waals surface area contributed by atoms with Gasteiger partial charge in [0, 0.05) is 17.1 Å². The number of benzene rings is 1. The number of hydrogen-bond donors (Lipinski definition) is 5. The number of rotatable bonds is 3. The average Bonchev–Trinajstić information content (AvgIpc) is 2.72. The van der Waals surface area contributed by atoms with Gasteiger partial charge in [0.05, 0.1) is 11.6 Å². The lowest BCUT2D eigenvalue weighted by atomic mass is 9.55. The van der Waals surface area contributed by atoms with Gasteiger partial charge in [-0.05, 0) is 50.9 Å². The van der Waals surface area contributed by atoms with Crippen LogP contribution in [0, 0.1) is 17.7 Å². The summed E-state index contributed by atoms with van der Waals surface area (Å²) in [6.45, 7) is 1.75. The summed E-state index contributed by atoms with van der Waals surface area (Å²) in [6.07, 6.45) is 0.238. The fourth-order valence-corrected chi connectivity index (χ4v) is 5.88. The van der Waals surface area contributed by atoms with E-state index in [1.807, 2.05) is 0 Å². The van der Waals surface area contributed by atoms with Crippen LogP contribution in [-0.4, -0.2) is 68.5 Å². The van der Waals surface area contributed by atoms with Gasteiger partial charge < -0.3 is 26.2 Å². The number of aliphatic hydroxyl groups is 3. The van der Waals surface area contributed by atoms with E-state index in [4.69, 9.17) is 5.73 Å². The van der Waals surface area contributed by atoms with Gasteiger partial charge in [0.25, 0.3) is 5.91 Å². The Balaban J connectivity index is 2.05. The highest BCUT2D eigenvalue weighted by Gasteiger charge is 2.65. The number of phenolic OH excluding ortho intramolecular Hbond substituents is 1. The number of aromatic hydroxyl groups is 1. The largest absolute Gasteiger partial charge is 0.508 e. The number of fused-ring (bicyclic) bond motifs is 3. The number of primary amides is 1. The summed E-state index contributed by atoms with van der Waals surface area (Å²) < 4.78 is 14.9. The molecule has 4 rings (SSSR count). The molecular formula is C23H25FN2O7. The molecule has 5 atom stereocenters. The maximum Gasteiger partial charge on any atom is 0.255 e. The second-order valence-electron chi connectivity index (χ2n) is 9.04. The molecule has 0 radical (unpaired) electrons. The molecule has 0 aromatic heterocycles. The predicted octanol–water partition coefficient (Wildman–Crippen LogP) is 1.05. The fraction of sp³-hybridized carbons (Fsp3) is 0.435. The van der Waals surface area contributed by atoms with E-state index in [0.717, 1.165) is 12.1 Å². The van der Waals surface area contributed by atoms with Gasteiger partial charge in [-0.2, -0.15) is 0 Å². The molecule has 1 aromatic rings. The van der Waals surface area contributed by atoms with Crippen molar-refractivity contribution in [3.8, 4) is 5.75 Å². The molecule has 9 nitrogen and oxygen atoms in total. The van der Waals surface area contributed by atoms with Crippen molar-refractivity contribution in [2.45, 2.75) is 37.3 Å². The van der Waals surface area contributed by atoms with Crippen molar-refractivity contribution >= 4 is 23.2 Å². The van der Waals surface area contributed by atoms with Gasteiger partial charge in [0.1, 0.15) is 28.7 Å². The zero-order valence-electron chi connectivity index (χ0n) is 18.3. The number of amides is 1. The summed E-state index contributed by atoms with van der Waals surface area (Å²) in [4.78, 5) is 40.2. The minimum atomic E-state index is -2.72. The molecule has 0 aliphatic heterocycles. The van der Waals surface area contributed by atoms with E-state index in [9.17, 15) is 39.2 Å². The minimum absolute atomic E-state index is 0.0446. The second-order valence-corrected chi connectivity index (χ2v) is 9.04. The molecule has 0 bridgehead atoms. The first-order chi connectivity index (χ1) is 15.4. The van der Waals surface area contributed by atoms with Crippen molar-refractivity contribution < 1.29 is 39.2 Å². The van der Waals surface area contributed by atoms with E-state index in [1.54, 1.807) is 6.92 Å². The van der Waals surface area contributed by atoms with Crippen LogP contribution in [0.25, 0.3) is 5.76 Å². The van der Waals surface area contributed by atoms with Crippen molar-refractivity contribution in [2.75, 3.05) is 14.1 Å². The normalized spacial score (nSPS) is 31.5. The van der Waals surface area contributed by atoms with Crippen molar-refractivity contribution in [2.24, 2.45) is 17.6 Å². The topological polar surface area (TPSA) is 161 Å². The van der Waals surface area contributed by atoms with Crippen LogP contribution < -0.4 is 5.73 Å². The first kappa shape index (κ1) is 22.9. The predicted molar refractivity (Wildman–Crippen MR) is 114 cm³/mol. The Morgan fingerprint density at radius 1 is 1.24 bits per heavy atom. The molecule has 1 amide bonds. The number of Topliss-reactive ketones (excluding diaryl/α,β-unsaturated/α-hetero) is 2. The van der Waals surface area contributed by atoms with E-state index in [0.29, 0.717) is 6.42 Å². The molecule has 1 fully saturated rings. The summed E-state index contributed by atoms with van der Waals surface area (Å²) in [7, 11) is 3.03. The highest BCUT2D eigenvalue weighted by molar-refractivity contribution is 6.24. The Hall–Kier alpha value is -3.24. The van der Waals surface area contributed by atoms with Gasteiger partial charge in [-0.3, -0.25) is 19.3 Å². The van der Waals surface area contributed by atoms with E-state index in [2.05, 4.69) is 0 Å². The van der Waals surface area contributed by atoms with Gasteiger partial charge in [-0.1, -0.05) is 6.92 Å². The lowest BCUT2D eigenvalue weighted by Gasteiger charge is -2.51. The molecule has 0 saturated heterocycles. The zero-order valence-corrected chi connectivity index (χ0v) is 18.3. The fourth-order valence-electron chi connectivity index (χ4n) is 5.88. The van der Waals surface area contributed by atoms with Gasteiger partial charge in [-0.25, -0.2) is 4.39 Å². The number of nitrogens with zero attached hydrogens (tertiary/aromatic N) is 1. The summed E-state index contributed by atoms with van der Waals surface area (Å²) >= 11 is 0. The SMILES string of the molecule is CC[C@H]1c2c(F)ccc(O)c2C(O)=C2C(=O)[C@]3(O)C(O)=C(C(N)=O)C(=O)[C@@H](N(C)C)[C@@H]3C[C@@H]21. The Kier molecular flexibility index (Phi) is 5.14. The Labute approximate surface area is 188 Å². The number of halogens is 1. The number of hydrogen-bond acceptors (Lipinski definition) is 8. The molecule has 3 aliphatic rings. The molecule has 3 aliphatic carbocycles. The molecule has 0 heterocycles. The van der Waals surface area contributed by atoms with Crippen LogP contribution in [0.3, 0.4) is 0 Å². The van der Waals surface area contributed by atoms with Gasteiger partial charge in [0.2, 0.25) is 5.78 Å². The molecule has 10 heteroatoms. The van der Waals surface area contributed by atoms with E-state index in [-0.39, 0.29) is 23.1 Å². The number of phenols is 1. The van der Waals surface area contributed by atoms with Crippen molar-refractivity contribution in [1.82, 2.24) is 4.90 Å². The monoisotopic (exact) mass is 460 g/mol.